The summed E-state index contributed by atoms with van der Waals surface area (Å²) in [6.45, 7) is 1.80. The van der Waals surface area contributed by atoms with Crippen LogP contribution >= 0.6 is 0 Å². The molecule has 0 amide bonds. The van der Waals surface area contributed by atoms with Crippen molar-refractivity contribution in [3.63, 3.8) is 0 Å². The van der Waals surface area contributed by atoms with Gasteiger partial charge >= 0.3 is 0 Å². The average molecular weight is 276 g/mol. The molecule has 1 N–H and O–H groups in total. The predicted octanol–water partition coefficient (Wildman–Crippen LogP) is 3.87. The summed E-state index contributed by atoms with van der Waals surface area (Å²) < 4.78 is 13.6. The molecule has 2 nitrogen and oxygen atoms in total. The molecule has 3 heteroatoms. The molecule has 0 spiro atoms. The van der Waals surface area contributed by atoms with Crippen molar-refractivity contribution in [2.75, 3.05) is 25.5 Å². The third kappa shape index (κ3) is 4.34. The topological polar surface area (TPSA) is 15.3 Å². The average Bonchev–Trinajstić information content (AvgIpc) is 2.46. The Morgan fingerprint density at radius 1 is 1.25 bits per heavy atom. The van der Waals surface area contributed by atoms with Gasteiger partial charge < -0.3 is 10.2 Å². The molecule has 2 rings (SSSR count). The van der Waals surface area contributed by atoms with Crippen LogP contribution in [0, 0.1) is 5.82 Å². The third-order valence-corrected chi connectivity index (χ3v) is 3.83. The van der Waals surface area contributed by atoms with Gasteiger partial charge in [-0.1, -0.05) is 17.7 Å². The standard InChI is InChI=1S/C17H25FN2/c1-20(2)17-12-15(8-9-16(17)18)13-19-11-10-14-6-4-3-5-7-14/h6,8-9,12,19H,3-5,7,10-11,13H2,1-2H3. The van der Waals surface area contributed by atoms with Gasteiger partial charge in [-0.3, -0.25) is 0 Å². The molecule has 0 bridgehead atoms. The summed E-state index contributed by atoms with van der Waals surface area (Å²) in [4.78, 5) is 1.81. The fraction of sp³-hybridized carbons (Fsp3) is 0.529. The number of hydrogen-bond donors (Lipinski definition) is 1. The van der Waals surface area contributed by atoms with Crippen LogP contribution in [0.15, 0.2) is 29.8 Å². The summed E-state index contributed by atoms with van der Waals surface area (Å²) in [6, 6.07) is 5.33. The smallest absolute Gasteiger partial charge is 0.146 e. The summed E-state index contributed by atoms with van der Waals surface area (Å²) in [6.07, 6.45) is 8.74. The van der Waals surface area contributed by atoms with Gasteiger partial charge in [-0.15, -0.1) is 0 Å². The Kier molecular flexibility index (Phi) is 5.60. The molecule has 1 aromatic rings. The van der Waals surface area contributed by atoms with Gasteiger partial charge in [0.2, 0.25) is 0 Å². The minimum atomic E-state index is -0.161. The first-order valence-corrected chi connectivity index (χ1v) is 7.51. The fourth-order valence-corrected chi connectivity index (χ4v) is 2.62. The van der Waals surface area contributed by atoms with Gasteiger partial charge in [0, 0.05) is 20.6 Å². The molecule has 1 aliphatic carbocycles. The quantitative estimate of drug-likeness (QED) is 0.627. The molecule has 0 aliphatic heterocycles. The zero-order chi connectivity index (χ0) is 14.4. The number of nitrogens with zero attached hydrogens (tertiary/aromatic N) is 1. The number of anilines is 1. The number of rotatable bonds is 6. The predicted molar refractivity (Wildman–Crippen MR) is 83.6 cm³/mol. The van der Waals surface area contributed by atoms with Gasteiger partial charge in [0.05, 0.1) is 5.69 Å². The maximum atomic E-state index is 13.6. The normalized spacial score (nSPS) is 15.1. The second-order valence-corrected chi connectivity index (χ2v) is 5.72. The summed E-state index contributed by atoms with van der Waals surface area (Å²) in [5.74, 6) is -0.161. The van der Waals surface area contributed by atoms with Gasteiger partial charge in [0.15, 0.2) is 0 Å². The van der Waals surface area contributed by atoms with E-state index in [1.54, 1.807) is 11.6 Å². The van der Waals surface area contributed by atoms with Crippen molar-refractivity contribution in [3.8, 4) is 0 Å². The molecule has 0 aromatic heterocycles. The van der Waals surface area contributed by atoms with Crippen LogP contribution in [0.4, 0.5) is 10.1 Å². The van der Waals surface area contributed by atoms with Crippen LogP contribution in [0.2, 0.25) is 0 Å². The molecule has 0 radical (unpaired) electrons. The Morgan fingerprint density at radius 2 is 2.10 bits per heavy atom. The van der Waals surface area contributed by atoms with Crippen LogP contribution in [0.25, 0.3) is 0 Å². The van der Waals surface area contributed by atoms with Crippen molar-refractivity contribution >= 4 is 5.69 Å². The highest BCUT2D eigenvalue weighted by molar-refractivity contribution is 5.48. The minimum absolute atomic E-state index is 0.161. The first kappa shape index (κ1) is 15.0. The van der Waals surface area contributed by atoms with Crippen LogP contribution < -0.4 is 10.2 Å². The molecule has 20 heavy (non-hydrogen) atoms. The van der Waals surface area contributed by atoms with Crippen molar-refractivity contribution in [1.82, 2.24) is 5.32 Å². The first-order chi connectivity index (χ1) is 9.66. The van der Waals surface area contributed by atoms with Gasteiger partial charge in [-0.2, -0.15) is 0 Å². The zero-order valence-electron chi connectivity index (χ0n) is 12.6. The fourth-order valence-electron chi connectivity index (χ4n) is 2.62. The molecule has 1 aliphatic rings. The van der Waals surface area contributed by atoms with Crippen molar-refractivity contribution in [3.05, 3.63) is 41.2 Å². The van der Waals surface area contributed by atoms with E-state index in [0.717, 1.165) is 25.1 Å². The van der Waals surface area contributed by atoms with E-state index in [1.165, 1.54) is 25.7 Å². The van der Waals surface area contributed by atoms with Crippen molar-refractivity contribution in [2.24, 2.45) is 0 Å². The summed E-state index contributed by atoms with van der Waals surface area (Å²) in [5.41, 5.74) is 3.38. The lowest BCUT2D eigenvalue weighted by molar-refractivity contribution is 0.619. The molecule has 0 saturated carbocycles. The molecular formula is C17H25FN2. The molecule has 0 unspecified atom stereocenters. The maximum Gasteiger partial charge on any atom is 0.146 e. The second kappa shape index (κ2) is 7.44. The molecule has 0 saturated heterocycles. The third-order valence-electron chi connectivity index (χ3n) is 3.83. The van der Waals surface area contributed by atoms with E-state index < -0.39 is 0 Å². The van der Waals surface area contributed by atoms with Crippen LogP contribution in [0.3, 0.4) is 0 Å². The van der Waals surface area contributed by atoms with Crippen molar-refractivity contribution in [1.29, 1.82) is 0 Å². The highest BCUT2D eigenvalue weighted by atomic mass is 19.1. The molecular weight excluding hydrogens is 251 g/mol. The lowest BCUT2D eigenvalue weighted by Crippen LogP contribution is -2.17. The monoisotopic (exact) mass is 276 g/mol. The highest BCUT2D eigenvalue weighted by Gasteiger charge is 2.06. The van der Waals surface area contributed by atoms with E-state index in [9.17, 15) is 4.39 Å². The van der Waals surface area contributed by atoms with E-state index in [2.05, 4.69) is 11.4 Å². The Hall–Kier alpha value is -1.35. The van der Waals surface area contributed by atoms with E-state index in [0.29, 0.717) is 5.69 Å². The highest BCUT2D eigenvalue weighted by Crippen LogP contribution is 2.20. The van der Waals surface area contributed by atoms with Crippen LogP contribution in [0.5, 0.6) is 0 Å². The first-order valence-electron chi connectivity index (χ1n) is 7.51. The Labute approximate surface area is 121 Å². The number of nitrogens with one attached hydrogen (secondary N) is 1. The van der Waals surface area contributed by atoms with Crippen LogP contribution in [-0.2, 0) is 6.54 Å². The lowest BCUT2D eigenvalue weighted by Gasteiger charge is -2.15. The molecule has 0 atom stereocenters. The summed E-state index contributed by atoms with van der Waals surface area (Å²) >= 11 is 0. The molecule has 0 heterocycles. The van der Waals surface area contributed by atoms with E-state index in [4.69, 9.17) is 0 Å². The van der Waals surface area contributed by atoms with Crippen LogP contribution in [-0.4, -0.2) is 20.6 Å². The number of hydrogen-bond acceptors (Lipinski definition) is 2. The summed E-state index contributed by atoms with van der Waals surface area (Å²) in [7, 11) is 3.73. The number of halogens is 1. The molecule has 0 fully saturated rings. The lowest BCUT2D eigenvalue weighted by atomic mass is 9.97. The van der Waals surface area contributed by atoms with Crippen LogP contribution in [0.1, 0.15) is 37.7 Å². The van der Waals surface area contributed by atoms with E-state index in [1.807, 2.05) is 31.1 Å². The second-order valence-electron chi connectivity index (χ2n) is 5.72. The number of benzene rings is 1. The van der Waals surface area contributed by atoms with Gasteiger partial charge in [0.25, 0.3) is 0 Å². The number of allylic oxidation sites excluding steroid dienone is 1. The summed E-state index contributed by atoms with van der Waals surface area (Å²) in [5, 5.41) is 3.45. The Balaban J connectivity index is 1.79. The van der Waals surface area contributed by atoms with E-state index >= 15 is 0 Å². The van der Waals surface area contributed by atoms with Gasteiger partial charge in [-0.05, 0) is 56.3 Å². The van der Waals surface area contributed by atoms with E-state index in [-0.39, 0.29) is 5.82 Å². The SMILES string of the molecule is CN(C)c1cc(CNCCC2=CCCCC2)ccc1F. The zero-order valence-corrected chi connectivity index (χ0v) is 12.6. The van der Waals surface area contributed by atoms with Gasteiger partial charge in [0.1, 0.15) is 5.82 Å². The molecule has 1 aromatic carbocycles. The van der Waals surface area contributed by atoms with Crippen molar-refractivity contribution in [2.45, 2.75) is 38.6 Å². The van der Waals surface area contributed by atoms with Crippen molar-refractivity contribution < 1.29 is 4.39 Å². The Bertz CT molecular complexity index is 466. The molecule has 110 valence electrons. The Morgan fingerprint density at radius 3 is 2.80 bits per heavy atom. The largest absolute Gasteiger partial charge is 0.375 e. The maximum absolute atomic E-state index is 13.6. The van der Waals surface area contributed by atoms with Gasteiger partial charge in [-0.25, -0.2) is 4.39 Å². The minimum Gasteiger partial charge on any atom is -0.375 e.